The third-order valence-electron chi connectivity index (χ3n) is 3.30. The number of aliphatic hydroxyl groups excluding tert-OH is 1. The van der Waals surface area contributed by atoms with Crippen LogP contribution < -0.4 is 10.2 Å². The molecule has 3 nitrogen and oxygen atoms in total. The van der Waals surface area contributed by atoms with Crippen molar-refractivity contribution in [3.8, 4) is 0 Å². The van der Waals surface area contributed by atoms with Crippen LogP contribution in [0.1, 0.15) is 24.8 Å². The quantitative estimate of drug-likeness (QED) is 0.759. The first-order valence-electron chi connectivity index (χ1n) is 6.66. The summed E-state index contributed by atoms with van der Waals surface area (Å²) in [6, 6.07) is 5.31. The van der Waals surface area contributed by atoms with Gasteiger partial charge in [0.05, 0.1) is 5.69 Å². The second kappa shape index (κ2) is 6.71. The molecule has 0 aliphatic carbocycles. The van der Waals surface area contributed by atoms with Crippen LogP contribution in [0, 0.1) is 5.82 Å². The van der Waals surface area contributed by atoms with Crippen molar-refractivity contribution in [1.29, 1.82) is 0 Å². The van der Waals surface area contributed by atoms with E-state index < -0.39 is 0 Å². The fourth-order valence-electron chi connectivity index (χ4n) is 2.31. The Morgan fingerprint density at radius 3 is 2.78 bits per heavy atom. The van der Waals surface area contributed by atoms with Gasteiger partial charge in [0.1, 0.15) is 5.82 Å². The van der Waals surface area contributed by atoms with Crippen LogP contribution in [0.25, 0.3) is 0 Å². The predicted octanol–water partition coefficient (Wildman–Crippen LogP) is 1.90. The molecule has 1 fully saturated rings. The molecular formula is C14H21FN2O. The lowest BCUT2D eigenvalue weighted by molar-refractivity contribution is 0.286. The molecule has 0 atom stereocenters. The predicted molar refractivity (Wildman–Crippen MR) is 71.3 cm³/mol. The average molecular weight is 252 g/mol. The number of hydrogen-bond donors (Lipinski definition) is 2. The number of nitrogens with zero attached hydrogens (tertiary/aromatic N) is 1. The second-order valence-corrected chi connectivity index (χ2v) is 4.73. The molecule has 100 valence electrons. The molecule has 0 unspecified atom stereocenters. The molecule has 1 aliphatic heterocycles. The van der Waals surface area contributed by atoms with E-state index in [1.165, 1.54) is 0 Å². The van der Waals surface area contributed by atoms with Gasteiger partial charge in [-0.2, -0.15) is 0 Å². The standard InChI is InChI=1S/C14H21FN2O/c15-13-5-4-12(11-16-6-3-9-18)10-14(13)17-7-1-2-8-17/h4-5,10,16,18H,1-3,6-9,11H2. The molecule has 1 heterocycles. The van der Waals surface area contributed by atoms with E-state index in [0.717, 1.165) is 56.7 Å². The van der Waals surface area contributed by atoms with Crippen molar-refractivity contribution >= 4 is 5.69 Å². The first kappa shape index (κ1) is 13.3. The molecule has 18 heavy (non-hydrogen) atoms. The normalized spacial score (nSPS) is 15.3. The summed E-state index contributed by atoms with van der Waals surface area (Å²) in [5.41, 5.74) is 1.82. The van der Waals surface area contributed by atoms with Gasteiger partial charge in [-0.25, -0.2) is 4.39 Å². The van der Waals surface area contributed by atoms with E-state index in [4.69, 9.17) is 5.11 Å². The van der Waals surface area contributed by atoms with Gasteiger partial charge in [-0.1, -0.05) is 6.07 Å². The summed E-state index contributed by atoms with van der Waals surface area (Å²) < 4.78 is 13.8. The first-order valence-corrected chi connectivity index (χ1v) is 6.66. The zero-order chi connectivity index (χ0) is 12.8. The number of nitrogens with one attached hydrogen (secondary N) is 1. The minimum absolute atomic E-state index is 0.129. The zero-order valence-corrected chi connectivity index (χ0v) is 10.7. The van der Waals surface area contributed by atoms with E-state index in [2.05, 4.69) is 10.2 Å². The molecule has 0 amide bonds. The van der Waals surface area contributed by atoms with Crippen LogP contribution in [0.15, 0.2) is 18.2 Å². The van der Waals surface area contributed by atoms with Gasteiger partial charge in [-0.15, -0.1) is 0 Å². The smallest absolute Gasteiger partial charge is 0.146 e. The molecule has 4 heteroatoms. The van der Waals surface area contributed by atoms with Crippen LogP contribution >= 0.6 is 0 Å². The highest BCUT2D eigenvalue weighted by Gasteiger charge is 2.16. The van der Waals surface area contributed by atoms with Gasteiger partial charge in [0.15, 0.2) is 0 Å². The Labute approximate surface area is 108 Å². The second-order valence-electron chi connectivity index (χ2n) is 4.73. The number of hydrogen-bond acceptors (Lipinski definition) is 3. The molecule has 2 N–H and O–H groups in total. The van der Waals surface area contributed by atoms with Crippen LogP contribution in [0.5, 0.6) is 0 Å². The van der Waals surface area contributed by atoms with E-state index in [0.29, 0.717) is 0 Å². The Hall–Kier alpha value is -1.13. The lowest BCUT2D eigenvalue weighted by Crippen LogP contribution is -2.20. The molecule has 1 aliphatic rings. The molecule has 2 rings (SSSR count). The molecule has 0 bridgehead atoms. The van der Waals surface area contributed by atoms with Gasteiger partial charge in [0.2, 0.25) is 0 Å². The topological polar surface area (TPSA) is 35.5 Å². The van der Waals surface area contributed by atoms with Crippen molar-refractivity contribution in [3.63, 3.8) is 0 Å². The van der Waals surface area contributed by atoms with Crippen LogP contribution in [-0.2, 0) is 6.54 Å². The summed E-state index contributed by atoms with van der Waals surface area (Å²) in [4.78, 5) is 2.12. The van der Waals surface area contributed by atoms with E-state index in [-0.39, 0.29) is 12.4 Å². The highest BCUT2D eigenvalue weighted by molar-refractivity contribution is 5.50. The van der Waals surface area contributed by atoms with Crippen molar-refractivity contribution in [3.05, 3.63) is 29.6 Å². The zero-order valence-electron chi connectivity index (χ0n) is 10.7. The summed E-state index contributed by atoms with van der Waals surface area (Å²) in [5, 5.41) is 11.9. The molecule has 0 aromatic heterocycles. The number of anilines is 1. The Bertz CT molecular complexity index is 378. The Morgan fingerprint density at radius 1 is 1.28 bits per heavy atom. The third kappa shape index (κ3) is 3.43. The van der Waals surface area contributed by atoms with Gasteiger partial charge < -0.3 is 15.3 Å². The summed E-state index contributed by atoms with van der Waals surface area (Å²) in [6.45, 7) is 3.63. The molecule has 1 saturated heterocycles. The van der Waals surface area contributed by atoms with Crippen molar-refractivity contribution in [2.45, 2.75) is 25.8 Å². The van der Waals surface area contributed by atoms with E-state index in [1.54, 1.807) is 6.07 Å². The largest absolute Gasteiger partial charge is 0.396 e. The molecule has 0 saturated carbocycles. The van der Waals surface area contributed by atoms with Crippen molar-refractivity contribution in [2.75, 3.05) is 31.1 Å². The average Bonchev–Trinajstić information content (AvgIpc) is 2.90. The number of rotatable bonds is 6. The summed E-state index contributed by atoms with van der Waals surface area (Å²) in [7, 11) is 0. The fourth-order valence-corrected chi connectivity index (χ4v) is 2.31. The molecule has 1 aromatic rings. The molecule has 0 radical (unpaired) electrons. The Morgan fingerprint density at radius 2 is 2.06 bits per heavy atom. The van der Waals surface area contributed by atoms with Gasteiger partial charge in [-0.05, 0) is 43.5 Å². The van der Waals surface area contributed by atoms with Crippen molar-refractivity contribution in [2.24, 2.45) is 0 Å². The van der Waals surface area contributed by atoms with Crippen molar-refractivity contribution < 1.29 is 9.50 Å². The first-order chi connectivity index (χ1) is 8.81. The van der Waals surface area contributed by atoms with Crippen molar-refractivity contribution in [1.82, 2.24) is 5.32 Å². The number of benzene rings is 1. The minimum Gasteiger partial charge on any atom is -0.396 e. The summed E-state index contributed by atoms with van der Waals surface area (Å²) >= 11 is 0. The summed E-state index contributed by atoms with van der Waals surface area (Å²) in [6.07, 6.45) is 3.05. The van der Waals surface area contributed by atoms with Gasteiger partial charge in [0.25, 0.3) is 0 Å². The molecule has 0 spiro atoms. The highest BCUT2D eigenvalue weighted by Crippen LogP contribution is 2.24. The van der Waals surface area contributed by atoms with Gasteiger partial charge in [-0.3, -0.25) is 0 Å². The maximum atomic E-state index is 13.8. The number of aliphatic hydroxyl groups is 1. The maximum Gasteiger partial charge on any atom is 0.146 e. The van der Waals surface area contributed by atoms with Crippen LogP contribution in [-0.4, -0.2) is 31.3 Å². The van der Waals surface area contributed by atoms with E-state index in [1.807, 2.05) is 12.1 Å². The molecule has 1 aromatic carbocycles. The van der Waals surface area contributed by atoms with E-state index in [9.17, 15) is 4.39 Å². The van der Waals surface area contributed by atoms with Gasteiger partial charge in [0, 0.05) is 26.2 Å². The van der Waals surface area contributed by atoms with Gasteiger partial charge >= 0.3 is 0 Å². The molecular weight excluding hydrogens is 231 g/mol. The minimum atomic E-state index is -0.129. The van der Waals surface area contributed by atoms with Crippen LogP contribution in [0.3, 0.4) is 0 Å². The maximum absolute atomic E-state index is 13.8. The van der Waals surface area contributed by atoms with Crippen LogP contribution in [0.2, 0.25) is 0 Å². The van der Waals surface area contributed by atoms with Crippen LogP contribution in [0.4, 0.5) is 10.1 Å². The highest BCUT2D eigenvalue weighted by atomic mass is 19.1. The Balaban J connectivity index is 1.97. The summed E-state index contributed by atoms with van der Waals surface area (Å²) in [5.74, 6) is -0.129. The van der Waals surface area contributed by atoms with E-state index >= 15 is 0 Å². The monoisotopic (exact) mass is 252 g/mol. The Kier molecular flexibility index (Phi) is 4.96. The fraction of sp³-hybridized carbons (Fsp3) is 0.571. The SMILES string of the molecule is OCCCNCc1ccc(F)c(N2CCCC2)c1. The lowest BCUT2D eigenvalue weighted by Gasteiger charge is -2.19. The number of halogens is 1. The lowest BCUT2D eigenvalue weighted by atomic mass is 10.1. The third-order valence-corrected chi connectivity index (χ3v) is 3.30.